The molecule has 2 unspecified atom stereocenters. The molecule has 1 aromatic rings. The molecule has 0 aromatic heterocycles. The highest BCUT2D eigenvalue weighted by Crippen LogP contribution is 2.46. The second kappa shape index (κ2) is 5.84. The first-order valence-corrected chi connectivity index (χ1v) is 6.92. The zero-order valence-electron chi connectivity index (χ0n) is 12.6. The van der Waals surface area contributed by atoms with Gasteiger partial charge in [-0.1, -0.05) is 12.1 Å². The normalized spacial score (nSPS) is 25.9. The summed E-state index contributed by atoms with van der Waals surface area (Å²) < 4.78 is 10.3. The maximum atomic E-state index is 9.60. The van der Waals surface area contributed by atoms with Crippen LogP contribution in [0.4, 0.5) is 0 Å². The number of hydrogen-bond donors (Lipinski definition) is 0. The van der Waals surface area contributed by atoms with E-state index in [0.29, 0.717) is 12.0 Å². The first kappa shape index (κ1) is 15.5. The highest BCUT2D eigenvalue weighted by Gasteiger charge is 2.58. The van der Waals surface area contributed by atoms with Crippen molar-refractivity contribution in [3.63, 3.8) is 0 Å². The molecule has 5 nitrogen and oxygen atoms in total. The van der Waals surface area contributed by atoms with Crippen LogP contribution in [0, 0.1) is 11.3 Å². The van der Waals surface area contributed by atoms with Crippen molar-refractivity contribution in [2.24, 2.45) is 0 Å². The summed E-state index contributed by atoms with van der Waals surface area (Å²) in [6.45, 7) is 8.77. The van der Waals surface area contributed by atoms with Gasteiger partial charge in [-0.3, -0.25) is 9.69 Å². The third kappa shape index (κ3) is 3.60. The SMILES string of the molecule is CC(C)(C)OC=O.N#Cc1ccc(C23CN2CCO3)cc1. The van der Waals surface area contributed by atoms with Gasteiger partial charge in [0, 0.05) is 18.7 Å². The van der Waals surface area contributed by atoms with Gasteiger partial charge in [0.15, 0.2) is 5.72 Å². The number of rotatable bonds is 2. The van der Waals surface area contributed by atoms with Gasteiger partial charge in [0.1, 0.15) is 5.60 Å². The van der Waals surface area contributed by atoms with Crippen molar-refractivity contribution in [2.45, 2.75) is 32.1 Å². The highest BCUT2D eigenvalue weighted by atomic mass is 16.5. The lowest BCUT2D eigenvalue weighted by Crippen LogP contribution is -2.17. The van der Waals surface area contributed by atoms with Crippen LogP contribution in [0.1, 0.15) is 31.9 Å². The number of benzene rings is 1. The quantitative estimate of drug-likeness (QED) is 0.615. The second-order valence-electron chi connectivity index (χ2n) is 6.07. The fourth-order valence-corrected chi connectivity index (χ4v) is 2.25. The molecule has 2 atom stereocenters. The van der Waals surface area contributed by atoms with Gasteiger partial charge in [0.25, 0.3) is 6.47 Å². The zero-order valence-corrected chi connectivity index (χ0v) is 12.6. The van der Waals surface area contributed by atoms with E-state index in [4.69, 9.17) is 10.00 Å². The average Bonchev–Trinajstić information content (AvgIpc) is 3.00. The molecule has 0 amide bonds. The number of carbonyl (C=O) groups excluding carboxylic acids is 1. The van der Waals surface area contributed by atoms with E-state index in [9.17, 15) is 4.79 Å². The van der Waals surface area contributed by atoms with Gasteiger partial charge >= 0.3 is 0 Å². The van der Waals surface area contributed by atoms with Gasteiger partial charge in [-0.15, -0.1) is 0 Å². The number of morpholine rings is 1. The molecular weight excluding hydrogens is 268 g/mol. The molecule has 0 saturated carbocycles. The first-order valence-electron chi connectivity index (χ1n) is 6.92. The molecule has 1 aromatic carbocycles. The summed E-state index contributed by atoms with van der Waals surface area (Å²) in [7, 11) is 0. The molecule has 0 aliphatic carbocycles. The van der Waals surface area contributed by atoms with Crippen molar-refractivity contribution in [1.82, 2.24) is 4.90 Å². The Labute approximate surface area is 125 Å². The van der Waals surface area contributed by atoms with Crippen LogP contribution in [0.5, 0.6) is 0 Å². The average molecular weight is 288 g/mol. The molecule has 2 heterocycles. The van der Waals surface area contributed by atoms with Crippen molar-refractivity contribution in [2.75, 3.05) is 19.7 Å². The third-order valence-corrected chi connectivity index (χ3v) is 3.38. The van der Waals surface area contributed by atoms with Gasteiger partial charge in [-0.25, -0.2) is 0 Å². The van der Waals surface area contributed by atoms with Crippen LogP contribution in [0.25, 0.3) is 0 Å². The minimum absolute atomic E-state index is 0.131. The van der Waals surface area contributed by atoms with Crippen molar-refractivity contribution in [3.8, 4) is 6.07 Å². The molecule has 2 saturated heterocycles. The van der Waals surface area contributed by atoms with E-state index in [2.05, 4.69) is 15.7 Å². The Hall–Kier alpha value is -1.90. The maximum absolute atomic E-state index is 9.60. The Balaban J connectivity index is 0.000000199. The van der Waals surface area contributed by atoms with E-state index < -0.39 is 0 Å². The molecule has 0 bridgehead atoms. The lowest BCUT2D eigenvalue weighted by Gasteiger charge is -2.14. The molecule has 0 radical (unpaired) electrons. The molecule has 112 valence electrons. The molecule has 0 spiro atoms. The van der Waals surface area contributed by atoms with E-state index in [1.165, 1.54) is 5.56 Å². The lowest BCUT2D eigenvalue weighted by molar-refractivity contribution is -0.138. The van der Waals surface area contributed by atoms with Crippen LogP contribution >= 0.6 is 0 Å². The van der Waals surface area contributed by atoms with Gasteiger partial charge < -0.3 is 9.47 Å². The van der Waals surface area contributed by atoms with Crippen LogP contribution in [-0.2, 0) is 20.0 Å². The summed E-state index contributed by atoms with van der Waals surface area (Å²) in [5.41, 5.74) is 1.43. The van der Waals surface area contributed by atoms with Gasteiger partial charge in [-0.2, -0.15) is 5.26 Å². The Bertz CT molecular complexity index is 542. The molecule has 21 heavy (non-hydrogen) atoms. The number of hydrogen-bond acceptors (Lipinski definition) is 5. The standard InChI is InChI=1S/C11H10N2O.C5H10O2/c12-7-9-1-3-10(4-2-9)11-8-13(11)5-6-14-11;1-5(2,3)7-4-6/h1-4H,5-6,8H2;4H,1-3H3. The van der Waals surface area contributed by atoms with E-state index in [0.717, 1.165) is 19.7 Å². The fraction of sp³-hybridized carbons (Fsp3) is 0.500. The lowest BCUT2D eigenvalue weighted by atomic mass is 10.1. The second-order valence-corrected chi connectivity index (χ2v) is 6.07. The summed E-state index contributed by atoms with van der Waals surface area (Å²) >= 11 is 0. The Morgan fingerprint density at radius 1 is 1.38 bits per heavy atom. The van der Waals surface area contributed by atoms with Crippen molar-refractivity contribution in [1.29, 1.82) is 5.26 Å². The number of nitriles is 1. The molecule has 2 fully saturated rings. The minimum Gasteiger partial charge on any atom is -0.462 e. The molecule has 5 heteroatoms. The Kier molecular flexibility index (Phi) is 4.31. The number of ether oxygens (including phenoxy) is 2. The monoisotopic (exact) mass is 288 g/mol. The van der Waals surface area contributed by atoms with E-state index in [-0.39, 0.29) is 11.3 Å². The number of nitrogens with zero attached hydrogens (tertiary/aromatic N) is 2. The number of carbonyl (C=O) groups is 1. The largest absolute Gasteiger partial charge is 0.462 e. The summed E-state index contributed by atoms with van der Waals surface area (Å²) in [5.74, 6) is 0. The predicted molar refractivity (Wildman–Crippen MR) is 77.3 cm³/mol. The van der Waals surface area contributed by atoms with Crippen LogP contribution in [-0.4, -0.2) is 36.7 Å². The van der Waals surface area contributed by atoms with E-state index in [1.807, 2.05) is 45.0 Å². The Morgan fingerprint density at radius 2 is 2.05 bits per heavy atom. The minimum atomic E-state index is -0.318. The Morgan fingerprint density at radius 3 is 2.38 bits per heavy atom. The third-order valence-electron chi connectivity index (χ3n) is 3.38. The van der Waals surface area contributed by atoms with Crippen LogP contribution in [0.3, 0.4) is 0 Å². The first-order chi connectivity index (χ1) is 9.91. The van der Waals surface area contributed by atoms with Gasteiger partial charge in [-0.05, 0) is 32.9 Å². The van der Waals surface area contributed by atoms with Gasteiger partial charge in [0.05, 0.1) is 18.2 Å². The van der Waals surface area contributed by atoms with Gasteiger partial charge in [0.2, 0.25) is 0 Å². The molecular formula is C16H20N2O3. The van der Waals surface area contributed by atoms with Crippen LogP contribution < -0.4 is 0 Å². The molecule has 3 rings (SSSR count). The maximum Gasteiger partial charge on any atom is 0.293 e. The highest BCUT2D eigenvalue weighted by molar-refractivity contribution is 5.38. The summed E-state index contributed by atoms with van der Waals surface area (Å²) in [6.07, 6.45) is 0. The van der Waals surface area contributed by atoms with Crippen molar-refractivity contribution in [3.05, 3.63) is 35.4 Å². The smallest absolute Gasteiger partial charge is 0.293 e. The van der Waals surface area contributed by atoms with Crippen LogP contribution in [0.15, 0.2) is 24.3 Å². The summed E-state index contributed by atoms with van der Waals surface area (Å²) in [4.78, 5) is 11.9. The molecule has 2 aliphatic heterocycles. The summed E-state index contributed by atoms with van der Waals surface area (Å²) in [5, 5.41) is 8.68. The van der Waals surface area contributed by atoms with E-state index in [1.54, 1.807) is 0 Å². The topological polar surface area (TPSA) is 62.3 Å². The number of fused-ring (bicyclic) bond motifs is 1. The molecule has 2 aliphatic rings. The molecule has 0 N–H and O–H groups in total. The van der Waals surface area contributed by atoms with Crippen molar-refractivity contribution >= 4 is 6.47 Å². The predicted octanol–water partition coefficient (Wildman–Crippen LogP) is 2.01. The van der Waals surface area contributed by atoms with Crippen molar-refractivity contribution < 1.29 is 14.3 Å². The van der Waals surface area contributed by atoms with Crippen LogP contribution in [0.2, 0.25) is 0 Å². The van der Waals surface area contributed by atoms with E-state index >= 15 is 0 Å². The zero-order chi connectivity index (χ0) is 15.5. The fourth-order valence-electron chi connectivity index (χ4n) is 2.25. The summed E-state index contributed by atoms with van der Waals surface area (Å²) in [6, 6.07) is 9.80.